The monoisotopic (exact) mass is 394 g/mol. The van der Waals surface area contributed by atoms with Crippen molar-refractivity contribution in [2.45, 2.75) is 58.8 Å². The molecule has 0 amide bonds. The number of phenolic OH excluding ortho intramolecular Hbond substituents is 1. The van der Waals surface area contributed by atoms with Crippen molar-refractivity contribution in [1.29, 1.82) is 0 Å². The molecule has 29 heavy (non-hydrogen) atoms. The van der Waals surface area contributed by atoms with Crippen LogP contribution < -0.4 is 4.74 Å². The average molecular weight is 395 g/mol. The fourth-order valence-corrected chi connectivity index (χ4v) is 4.05. The second kappa shape index (κ2) is 8.40. The maximum absolute atomic E-state index is 12.6. The molecule has 0 spiro atoms. The predicted octanol–water partition coefficient (Wildman–Crippen LogP) is 5.25. The van der Waals surface area contributed by atoms with Crippen molar-refractivity contribution in [2.24, 2.45) is 11.8 Å². The Morgan fingerprint density at radius 2 is 1.59 bits per heavy atom. The van der Waals surface area contributed by atoms with E-state index in [2.05, 4.69) is 19.9 Å². The topological polar surface area (TPSA) is 63.6 Å². The van der Waals surface area contributed by atoms with Crippen LogP contribution in [0, 0.1) is 25.7 Å². The number of rotatable bonds is 5. The summed E-state index contributed by atoms with van der Waals surface area (Å²) in [4.78, 5) is 23.4. The summed E-state index contributed by atoms with van der Waals surface area (Å²) in [5, 5.41) is 9.81. The number of phenols is 1. The SMILES string of the molecule is Cc1cc(C(C)(C)c2ccc(OC(=O)C3CCC(C=O)CC3)c(C)c2)ccc1O. The zero-order chi connectivity index (χ0) is 21.2. The van der Waals surface area contributed by atoms with Crippen molar-refractivity contribution < 1.29 is 19.4 Å². The van der Waals surface area contributed by atoms with Crippen LogP contribution in [0.2, 0.25) is 0 Å². The van der Waals surface area contributed by atoms with Crippen molar-refractivity contribution in [2.75, 3.05) is 0 Å². The van der Waals surface area contributed by atoms with E-state index in [0.29, 0.717) is 24.3 Å². The Bertz CT molecular complexity index is 905. The first-order chi connectivity index (χ1) is 13.7. The molecule has 154 valence electrons. The molecule has 4 nitrogen and oxygen atoms in total. The maximum atomic E-state index is 12.6. The minimum absolute atomic E-state index is 0.0887. The number of aldehydes is 1. The number of esters is 1. The van der Waals surface area contributed by atoms with E-state index in [1.807, 2.05) is 38.1 Å². The highest BCUT2D eigenvalue weighted by molar-refractivity contribution is 5.76. The van der Waals surface area contributed by atoms with E-state index >= 15 is 0 Å². The van der Waals surface area contributed by atoms with Crippen molar-refractivity contribution in [1.82, 2.24) is 0 Å². The Morgan fingerprint density at radius 1 is 1.00 bits per heavy atom. The summed E-state index contributed by atoms with van der Waals surface area (Å²) >= 11 is 0. The van der Waals surface area contributed by atoms with Gasteiger partial charge in [-0.3, -0.25) is 4.79 Å². The highest BCUT2D eigenvalue weighted by atomic mass is 16.5. The van der Waals surface area contributed by atoms with Gasteiger partial charge in [-0.25, -0.2) is 0 Å². The quantitative estimate of drug-likeness (QED) is 0.428. The first kappa shape index (κ1) is 21.1. The molecule has 1 aliphatic carbocycles. The summed E-state index contributed by atoms with van der Waals surface area (Å²) < 4.78 is 5.70. The summed E-state index contributed by atoms with van der Waals surface area (Å²) in [7, 11) is 0. The number of hydrogen-bond acceptors (Lipinski definition) is 4. The first-order valence-electron chi connectivity index (χ1n) is 10.3. The van der Waals surface area contributed by atoms with E-state index < -0.39 is 0 Å². The molecule has 2 aromatic carbocycles. The zero-order valence-corrected chi connectivity index (χ0v) is 17.7. The van der Waals surface area contributed by atoms with Crippen molar-refractivity contribution in [3.8, 4) is 11.5 Å². The molecule has 4 heteroatoms. The van der Waals surface area contributed by atoms with Crippen LogP contribution in [-0.2, 0) is 15.0 Å². The normalized spacial score (nSPS) is 19.6. The molecule has 0 aromatic heterocycles. The third-order valence-electron chi connectivity index (χ3n) is 6.32. The fraction of sp³-hybridized carbons (Fsp3) is 0.440. The molecule has 1 saturated carbocycles. The lowest BCUT2D eigenvalue weighted by Crippen LogP contribution is -2.26. The zero-order valence-electron chi connectivity index (χ0n) is 17.7. The van der Waals surface area contributed by atoms with Crippen LogP contribution in [-0.4, -0.2) is 17.4 Å². The number of benzene rings is 2. The van der Waals surface area contributed by atoms with Gasteiger partial charge in [-0.15, -0.1) is 0 Å². The molecule has 0 saturated heterocycles. The van der Waals surface area contributed by atoms with E-state index in [1.54, 1.807) is 6.07 Å². The second-order valence-corrected chi connectivity index (χ2v) is 8.78. The van der Waals surface area contributed by atoms with E-state index in [0.717, 1.165) is 41.4 Å². The Hall–Kier alpha value is -2.62. The van der Waals surface area contributed by atoms with Gasteiger partial charge < -0.3 is 14.6 Å². The molecule has 1 N–H and O–H groups in total. The minimum atomic E-state index is -0.251. The van der Waals surface area contributed by atoms with Gasteiger partial charge in [0.15, 0.2) is 0 Å². The van der Waals surface area contributed by atoms with E-state index in [4.69, 9.17) is 4.74 Å². The lowest BCUT2D eigenvalue weighted by atomic mass is 9.77. The average Bonchev–Trinajstić information content (AvgIpc) is 2.71. The Labute approximate surface area is 172 Å². The summed E-state index contributed by atoms with van der Waals surface area (Å²) in [6.45, 7) is 8.13. The summed E-state index contributed by atoms with van der Waals surface area (Å²) in [6.07, 6.45) is 3.96. The molecule has 0 unspecified atom stereocenters. The number of ether oxygens (including phenoxy) is 1. The number of carbonyl (C=O) groups is 2. The number of aryl methyl sites for hydroxylation is 2. The fourth-order valence-electron chi connectivity index (χ4n) is 4.05. The third kappa shape index (κ3) is 4.52. The number of hydrogen-bond donors (Lipinski definition) is 1. The molecule has 0 atom stereocenters. The van der Waals surface area contributed by atoms with Gasteiger partial charge >= 0.3 is 5.97 Å². The standard InChI is InChI=1S/C25H30O4/c1-16-13-20(9-11-22(16)27)25(3,4)21-10-12-23(17(2)14-21)29-24(28)19-7-5-18(15-26)6-8-19/h9-15,18-19,27H,5-8H2,1-4H3. The predicted molar refractivity (Wildman–Crippen MR) is 113 cm³/mol. The number of aromatic hydroxyl groups is 1. The van der Waals surface area contributed by atoms with E-state index in [-0.39, 0.29) is 23.2 Å². The van der Waals surface area contributed by atoms with Crippen molar-refractivity contribution in [3.63, 3.8) is 0 Å². The molecule has 0 heterocycles. The lowest BCUT2D eigenvalue weighted by Gasteiger charge is -2.28. The summed E-state index contributed by atoms with van der Waals surface area (Å²) in [5.74, 6) is 0.658. The molecule has 1 aliphatic rings. The molecule has 0 bridgehead atoms. The Kier molecular flexibility index (Phi) is 6.11. The summed E-state index contributed by atoms with van der Waals surface area (Å²) in [5.41, 5.74) is 3.75. The molecule has 1 fully saturated rings. The van der Waals surface area contributed by atoms with Gasteiger partial charge in [0.05, 0.1) is 5.92 Å². The Balaban J connectivity index is 1.75. The molecular weight excluding hydrogens is 364 g/mol. The maximum Gasteiger partial charge on any atom is 0.314 e. The van der Waals surface area contributed by atoms with Crippen LogP contribution in [0.1, 0.15) is 61.8 Å². The molecule has 3 rings (SSSR count). The van der Waals surface area contributed by atoms with Gasteiger partial charge in [-0.1, -0.05) is 38.1 Å². The molecule has 0 aliphatic heterocycles. The van der Waals surface area contributed by atoms with Crippen LogP contribution in [0.5, 0.6) is 11.5 Å². The van der Waals surface area contributed by atoms with Gasteiger partial charge in [-0.05, 0) is 73.9 Å². The first-order valence-corrected chi connectivity index (χ1v) is 10.3. The molecule has 0 radical (unpaired) electrons. The van der Waals surface area contributed by atoms with Crippen LogP contribution in [0.25, 0.3) is 0 Å². The number of carbonyl (C=O) groups excluding carboxylic acids is 2. The minimum Gasteiger partial charge on any atom is -0.508 e. The third-order valence-corrected chi connectivity index (χ3v) is 6.32. The van der Waals surface area contributed by atoms with Crippen LogP contribution in [0.15, 0.2) is 36.4 Å². The highest BCUT2D eigenvalue weighted by Crippen LogP contribution is 2.36. The summed E-state index contributed by atoms with van der Waals surface area (Å²) in [6, 6.07) is 11.6. The van der Waals surface area contributed by atoms with E-state index in [1.165, 1.54) is 0 Å². The lowest BCUT2D eigenvalue weighted by molar-refractivity contribution is -0.140. The van der Waals surface area contributed by atoms with Gasteiger partial charge in [0.25, 0.3) is 0 Å². The van der Waals surface area contributed by atoms with Gasteiger partial charge in [0.2, 0.25) is 0 Å². The van der Waals surface area contributed by atoms with Crippen LogP contribution >= 0.6 is 0 Å². The van der Waals surface area contributed by atoms with Gasteiger partial charge in [0, 0.05) is 11.3 Å². The van der Waals surface area contributed by atoms with E-state index in [9.17, 15) is 14.7 Å². The van der Waals surface area contributed by atoms with Crippen molar-refractivity contribution in [3.05, 3.63) is 58.7 Å². The molecule has 2 aromatic rings. The Morgan fingerprint density at radius 3 is 2.14 bits per heavy atom. The van der Waals surface area contributed by atoms with Gasteiger partial charge in [0.1, 0.15) is 17.8 Å². The van der Waals surface area contributed by atoms with Crippen LogP contribution in [0.4, 0.5) is 0 Å². The van der Waals surface area contributed by atoms with Crippen LogP contribution in [0.3, 0.4) is 0 Å². The smallest absolute Gasteiger partial charge is 0.314 e. The second-order valence-electron chi connectivity index (χ2n) is 8.78. The highest BCUT2D eigenvalue weighted by Gasteiger charge is 2.28. The van der Waals surface area contributed by atoms with Crippen molar-refractivity contribution >= 4 is 12.3 Å². The largest absolute Gasteiger partial charge is 0.508 e. The molecular formula is C25H30O4. The van der Waals surface area contributed by atoms with Gasteiger partial charge in [-0.2, -0.15) is 0 Å².